The molecular weight excluding hydrogens is 174 g/mol. The average molecular weight is 178 g/mol. The Morgan fingerprint density at radius 3 is 1.57 bits per heavy atom. The van der Waals surface area contributed by atoms with Crippen molar-refractivity contribution in [2.45, 2.75) is 0 Å². The van der Waals surface area contributed by atoms with Gasteiger partial charge in [-0.05, 0) is 0 Å². The van der Waals surface area contributed by atoms with Crippen molar-refractivity contribution < 1.29 is 97.1 Å². The Bertz CT molecular complexity index is 103. The Morgan fingerprint density at radius 2 is 1.57 bits per heavy atom. The van der Waals surface area contributed by atoms with Crippen LogP contribution < -0.4 is 80.9 Å². The van der Waals surface area contributed by atoms with Gasteiger partial charge in [0.25, 0.3) is 9.05 Å². The first-order valence-electron chi connectivity index (χ1n) is 0.698. The molecule has 0 atom stereocenters. The molecule has 0 unspecified atom stereocenters. The molecule has 0 aliphatic carbocycles. The molecule has 0 rings (SSSR count). The minimum atomic E-state index is -3.83. The molecule has 0 spiro atoms. The molecule has 2 N–H and O–H groups in total. The normalized spacial score (nSPS) is 8.29. The Kier molecular flexibility index (Phi) is 16.6. The summed E-state index contributed by atoms with van der Waals surface area (Å²) in [6.07, 6.45) is 0. The van der Waals surface area contributed by atoms with E-state index in [0.717, 1.165) is 0 Å². The van der Waals surface area contributed by atoms with E-state index < -0.39 is 9.05 Å². The van der Waals surface area contributed by atoms with Gasteiger partial charge in [0.1, 0.15) is 0 Å². The van der Waals surface area contributed by atoms with Crippen molar-refractivity contribution in [2.24, 2.45) is 0 Å². The van der Waals surface area contributed by atoms with Gasteiger partial charge in [0, 0.05) is 11.2 Å². The van der Waals surface area contributed by atoms with Crippen molar-refractivity contribution in [3.8, 4) is 0 Å². The molecule has 0 saturated heterocycles. The summed E-state index contributed by atoms with van der Waals surface area (Å²) in [5.74, 6) is 0. The fourth-order valence-corrected chi connectivity index (χ4v) is 0. The van der Waals surface area contributed by atoms with Gasteiger partial charge in [0.05, 0.1) is 0 Å². The molecule has 0 radical (unpaired) electrons. The first-order chi connectivity index (χ1) is 2.00. The summed E-state index contributed by atoms with van der Waals surface area (Å²) >= 11 is 3.47. The largest absolute Gasteiger partial charge is 1.00 e. The number of hydrogen-bond donors (Lipinski definition) is 2. The third-order valence-corrected chi connectivity index (χ3v) is 0. The molecule has 0 amide bonds. The topological polar surface area (TPSA) is 57.5 Å². The second kappa shape index (κ2) is 7.04. The van der Waals surface area contributed by atoms with Gasteiger partial charge >= 0.3 is 80.9 Å². The zero-order valence-electron chi connectivity index (χ0n) is 6.12. The van der Waals surface area contributed by atoms with Crippen LogP contribution in [0.5, 0.6) is 0 Å². The summed E-state index contributed by atoms with van der Waals surface area (Å²) in [6, 6.07) is 0. The van der Waals surface area contributed by atoms with Gasteiger partial charge in [0.2, 0.25) is 0 Å². The average Bonchev–Trinajstić information content (AvgIpc) is 0.722. The van der Waals surface area contributed by atoms with Gasteiger partial charge in [-0.1, -0.05) is 0 Å². The predicted octanol–water partition coefficient (Wildman–Crippen LogP) is -6.09. The third kappa shape index (κ3) is 50.0. The predicted molar refractivity (Wildman–Crippen MR) is 23.0 cm³/mol. The van der Waals surface area contributed by atoms with E-state index in [4.69, 9.17) is 13.3 Å². The van der Waals surface area contributed by atoms with Crippen molar-refractivity contribution in [2.75, 3.05) is 0 Å². The fourth-order valence-electron chi connectivity index (χ4n) is 0. The molecule has 7 heteroatoms. The first kappa shape index (κ1) is 16.5. The van der Waals surface area contributed by atoms with Crippen molar-refractivity contribution in [3.05, 3.63) is 0 Å². The van der Waals surface area contributed by atoms with Gasteiger partial charge in [-0.25, -0.2) is 0 Å². The third-order valence-electron chi connectivity index (χ3n) is 0. The molecule has 0 heterocycles. The summed E-state index contributed by atoms with van der Waals surface area (Å²) < 4.78 is 24.0. The summed E-state index contributed by atoms with van der Waals surface area (Å²) in [7, 11) is -3.83. The molecule has 0 bridgehead atoms. The molecule has 0 aromatic rings. The Morgan fingerprint density at radius 1 is 1.57 bits per heavy atom. The van der Waals surface area contributed by atoms with Crippen LogP contribution in [0.25, 0.3) is 0 Å². The van der Waals surface area contributed by atoms with Crippen molar-refractivity contribution >= 4 is 20.2 Å². The Labute approximate surface area is 115 Å². The van der Waals surface area contributed by atoms with E-state index in [1.54, 1.807) is 0 Å². The van der Waals surface area contributed by atoms with Gasteiger partial charge in [-0.15, -0.1) is 0 Å². The maximum atomic E-state index is 9.11. The summed E-state index contributed by atoms with van der Waals surface area (Å²) in [6.45, 7) is 0. The van der Waals surface area contributed by atoms with E-state index in [9.17, 15) is 0 Å². The van der Waals surface area contributed by atoms with Crippen molar-refractivity contribution in [1.29, 1.82) is 0 Å². The van der Waals surface area contributed by atoms with Crippen LogP contribution in [0.15, 0.2) is 0 Å². The second-order valence-electron chi connectivity index (χ2n) is 0.448. The maximum Gasteiger partial charge on any atom is 1.00 e. The molecule has 0 aliphatic heterocycles. The molecule has 0 aliphatic rings. The minimum Gasteiger partial charge on any atom is -1.00 e. The summed E-state index contributed by atoms with van der Waals surface area (Å²) in [5.41, 5.74) is 0. The molecular formula is H4KNaO3S2. The van der Waals surface area contributed by atoms with Gasteiger partial charge in [-0.2, -0.15) is 4.21 Å². The minimum absolute atomic E-state index is 0. The molecule has 7 heavy (non-hydrogen) atoms. The monoisotopic (exact) mass is 178 g/mol. The first-order valence-corrected chi connectivity index (χ1v) is 3.10. The molecule has 0 saturated carbocycles. The molecule has 3 nitrogen and oxygen atoms in total. The maximum absolute atomic E-state index is 9.11. The van der Waals surface area contributed by atoms with Gasteiger partial charge in [0.15, 0.2) is 0 Å². The van der Waals surface area contributed by atoms with E-state index in [1.165, 1.54) is 0 Å². The van der Waals surface area contributed by atoms with Crippen LogP contribution in [0.4, 0.5) is 0 Å². The second-order valence-corrected chi connectivity index (χ2v) is 2.65. The van der Waals surface area contributed by atoms with Crippen LogP contribution in [0.3, 0.4) is 0 Å². The van der Waals surface area contributed by atoms with E-state index in [1.807, 2.05) is 0 Å². The van der Waals surface area contributed by atoms with Crippen LogP contribution in [0.2, 0.25) is 0 Å². The zero-order valence-corrected chi connectivity index (χ0v) is 10.9. The van der Waals surface area contributed by atoms with Crippen molar-refractivity contribution in [3.63, 3.8) is 0 Å². The van der Waals surface area contributed by atoms with Crippen LogP contribution in [-0.4, -0.2) is 13.3 Å². The van der Waals surface area contributed by atoms with Crippen LogP contribution in [0.1, 0.15) is 2.85 Å². The fraction of sp³-hybridized carbons (Fsp3) is 0. The Balaban J connectivity index is -0.0000000133. The number of rotatable bonds is 0. The molecule has 36 valence electrons. The van der Waals surface area contributed by atoms with Crippen LogP contribution in [0, 0.1) is 0 Å². The van der Waals surface area contributed by atoms with E-state index in [-0.39, 0.29) is 83.8 Å². The van der Waals surface area contributed by atoms with E-state index in [0.29, 0.717) is 0 Å². The quantitative estimate of drug-likeness (QED) is 0.363. The van der Waals surface area contributed by atoms with E-state index >= 15 is 0 Å². The van der Waals surface area contributed by atoms with Crippen LogP contribution in [-0.2, 0) is 20.2 Å². The Hall–Kier alpha value is 2.93. The standard InChI is InChI=1S/K.Na.H2O3S2.2H/c;;1-5(2,3)4;;/h;;(H2,1,2,3,4);;/q2*+1;;2*-1. The van der Waals surface area contributed by atoms with Gasteiger partial charge < -0.3 is 2.85 Å². The zero-order chi connectivity index (χ0) is 4.50. The molecule has 0 aromatic heterocycles. The summed E-state index contributed by atoms with van der Waals surface area (Å²) in [4.78, 5) is 0. The van der Waals surface area contributed by atoms with E-state index in [2.05, 4.69) is 11.2 Å². The molecule has 0 aromatic carbocycles. The van der Waals surface area contributed by atoms with Crippen molar-refractivity contribution in [1.82, 2.24) is 0 Å². The van der Waals surface area contributed by atoms with Gasteiger partial charge in [-0.3, -0.25) is 9.11 Å². The molecule has 0 fully saturated rings. The SMILES string of the molecule is O=S(O)(O)=S.[H-].[H-].[K+].[Na+]. The number of hydrogen-bond acceptors (Lipinski definition) is 2. The van der Waals surface area contributed by atoms with Crippen LogP contribution >= 0.6 is 0 Å². The summed E-state index contributed by atoms with van der Waals surface area (Å²) in [5, 5.41) is 0. The smallest absolute Gasteiger partial charge is 1.00 e.